The fraction of sp³-hybridized carbons (Fsp3) is 0.125. The van der Waals surface area contributed by atoms with E-state index in [1.807, 2.05) is 31.2 Å². The van der Waals surface area contributed by atoms with E-state index in [1.54, 1.807) is 24.4 Å². The molecule has 0 radical (unpaired) electrons. The molecule has 0 aliphatic rings. The highest BCUT2D eigenvalue weighted by Gasteiger charge is 2.05. The number of hydrogen-bond acceptors (Lipinski definition) is 3. The average Bonchev–Trinajstić information content (AvgIpc) is 2.48. The van der Waals surface area contributed by atoms with Crippen LogP contribution >= 0.6 is 27.5 Å². The van der Waals surface area contributed by atoms with Gasteiger partial charge in [-0.05, 0) is 30.7 Å². The molecule has 0 atom stereocenters. The Morgan fingerprint density at radius 1 is 1.32 bits per heavy atom. The van der Waals surface area contributed by atoms with Crippen molar-refractivity contribution in [1.82, 2.24) is 5.43 Å². The molecule has 6 heteroatoms. The van der Waals surface area contributed by atoms with E-state index in [0.29, 0.717) is 10.8 Å². The topological polar surface area (TPSA) is 50.7 Å². The molecule has 0 heterocycles. The van der Waals surface area contributed by atoms with Crippen molar-refractivity contribution in [2.45, 2.75) is 6.92 Å². The number of benzene rings is 2. The predicted octanol–water partition coefficient (Wildman–Crippen LogP) is 3.94. The molecule has 0 spiro atoms. The van der Waals surface area contributed by atoms with Gasteiger partial charge in [-0.1, -0.05) is 57.4 Å². The molecular weight excluding hydrogens is 368 g/mol. The summed E-state index contributed by atoms with van der Waals surface area (Å²) < 4.78 is 6.18. The van der Waals surface area contributed by atoms with Crippen LogP contribution in [0.3, 0.4) is 0 Å². The second-order valence-corrected chi connectivity index (χ2v) is 5.89. The van der Waals surface area contributed by atoms with Gasteiger partial charge in [-0.2, -0.15) is 5.10 Å². The molecule has 0 aliphatic heterocycles. The molecule has 2 rings (SSSR count). The highest BCUT2D eigenvalue weighted by Crippen LogP contribution is 2.27. The lowest BCUT2D eigenvalue weighted by Gasteiger charge is -2.07. The molecule has 0 bridgehead atoms. The minimum Gasteiger partial charge on any atom is -0.482 e. The summed E-state index contributed by atoms with van der Waals surface area (Å²) in [6.45, 7) is 1.85. The fourth-order valence-corrected chi connectivity index (χ4v) is 2.33. The Kier molecular flexibility index (Phi) is 5.98. The maximum Gasteiger partial charge on any atom is 0.277 e. The lowest BCUT2D eigenvalue weighted by Crippen LogP contribution is -2.24. The normalized spacial score (nSPS) is 10.7. The van der Waals surface area contributed by atoms with E-state index in [4.69, 9.17) is 16.3 Å². The first-order valence-electron chi connectivity index (χ1n) is 6.51. The molecule has 1 N–H and O–H groups in total. The first-order valence-corrected chi connectivity index (χ1v) is 7.68. The van der Waals surface area contributed by atoms with Crippen LogP contribution in [0, 0.1) is 6.92 Å². The summed E-state index contributed by atoms with van der Waals surface area (Å²) in [5, 5.41) is 4.31. The number of nitrogens with one attached hydrogen (secondary N) is 1. The maximum atomic E-state index is 11.6. The van der Waals surface area contributed by atoms with Gasteiger partial charge in [0.1, 0.15) is 5.75 Å². The highest BCUT2D eigenvalue weighted by molar-refractivity contribution is 9.10. The number of nitrogens with zero attached hydrogens (tertiary/aromatic N) is 1. The minimum atomic E-state index is -0.359. The van der Waals surface area contributed by atoms with Gasteiger partial charge in [0, 0.05) is 4.47 Å². The molecule has 22 heavy (non-hydrogen) atoms. The summed E-state index contributed by atoms with van der Waals surface area (Å²) in [6, 6.07) is 13.0. The molecule has 0 unspecified atom stereocenters. The SMILES string of the molecule is Cc1ccc(/C=N/NC(=O)COc2ccc(Br)cc2Cl)cc1. The number of carbonyl (C=O) groups excluding carboxylic acids is 1. The average molecular weight is 382 g/mol. The van der Waals surface area contributed by atoms with Gasteiger partial charge in [-0.15, -0.1) is 0 Å². The van der Waals surface area contributed by atoms with Crippen LogP contribution in [0.2, 0.25) is 5.02 Å². The van der Waals surface area contributed by atoms with Gasteiger partial charge >= 0.3 is 0 Å². The zero-order valence-electron chi connectivity index (χ0n) is 11.8. The third kappa shape index (κ3) is 5.16. The van der Waals surface area contributed by atoms with Crippen molar-refractivity contribution < 1.29 is 9.53 Å². The van der Waals surface area contributed by atoms with Gasteiger partial charge in [0.15, 0.2) is 6.61 Å². The summed E-state index contributed by atoms with van der Waals surface area (Å²) in [6.07, 6.45) is 1.57. The minimum absolute atomic E-state index is 0.160. The lowest BCUT2D eigenvalue weighted by molar-refractivity contribution is -0.123. The lowest BCUT2D eigenvalue weighted by atomic mass is 10.2. The van der Waals surface area contributed by atoms with Crippen molar-refractivity contribution in [1.29, 1.82) is 0 Å². The Bertz CT molecular complexity index is 687. The van der Waals surface area contributed by atoms with Gasteiger partial charge in [0.05, 0.1) is 11.2 Å². The zero-order valence-corrected chi connectivity index (χ0v) is 14.2. The predicted molar refractivity (Wildman–Crippen MR) is 91.6 cm³/mol. The molecule has 4 nitrogen and oxygen atoms in total. The molecule has 1 amide bonds. The van der Waals surface area contributed by atoms with Gasteiger partial charge < -0.3 is 4.74 Å². The van der Waals surface area contributed by atoms with E-state index in [0.717, 1.165) is 10.0 Å². The number of amides is 1. The largest absolute Gasteiger partial charge is 0.482 e. The quantitative estimate of drug-likeness (QED) is 0.630. The summed E-state index contributed by atoms with van der Waals surface area (Å²) in [5.74, 6) is 0.0878. The van der Waals surface area contributed by atoms with E-state index in [9.17, 15) is 4.79 Å². The Hall–Kier alpha value is -1.85. The number of ether oxygens (including phenoxy) is 1. The first-order chi connectivity index (χ1) is 10.5. The van der Waals surface area contributed by atoms with Gasteiger partial charge in [0.25, 0.3) is 5.91 Å². The van der Waals surface area contributed by atoms with Crippen LogP contribution in [0.25, 0.3) is 0 Å². The number of rotatable bonds is 5. The summed E-state index contributed by atoms with van der Waals surface area (Å²) in [7, 11) is 0. The fourth-order valence-electron chi connectivity index (χ4n) is 1.60. The molecule has 0 saturated heterocycles. The van der Waals surface area contributed by atoms with Crippen molar-refractivity contribution in [3.8, 4) is 5.75 Å². The van der Waals surface area contributed by atoms with Gasteiger partial charge in [0.2, 0.25) is 0 Å². The van der Waals surface area contributed by atoms with Crippen molar-refractivity contribution in [2.75, 3.05) is 6.61 Å². The third-order valence-electron chi connectivity index (χ3n) is 2.73. The van der Waals surface area contributed by atoms with E-state index in [1.165, 1.54) is 5.56 Å². The maximum absolute atomic E-state index is 11.6. The molecule has 0 aromatic heterocycles. The molecule has 0 fully saturated rings. The number of hydrazone groups is 1. The highest BCUT2D eigenvalue weighted by atomic mass is 79.9. The van der Waals surface area contributed by atoms with Crippen molar-refractivity contribution >= 4 is 39.7 Å². The Balaban J connectivity index is 1.81. The van der Waals surface area contributed by atoms with E-state index in [2.05, 4.69) is 26.5 Å². The van der Waals surface area contributed by atoms with Crippen molar-refractivity contribution in [2.24, 2.45) is 5.10 Å². The number of carbonyl (C=O) groups is 1. The van der Waals surface area contributed by atoms with Crippen LogP contribution in [0.5, 0.6) is 5.75 Å². The number of hydrogen-bond donors (Lipinski definition) is 1. The summed E-state index contributed by atoms with van der Waals surface area (Å²) in [5.41, 5.74) is 4.47. The van der Waals surface area contributed by atoms with Gasteiger partial charge in [-0.25, -0.2) is 5.43 Å². The van der Waals surface area contributed by atoms with E-state index < -0.39 is 0 Å². The smallest absolute Gasteiger partial charge is 0.277 e. The first kappa shape index (κ1) is 16.5. The van der Waals surface area contributed by atoms with E-state index in [-0.39, 0.29) is 12.5 Å². The molecule has 2 aromatic carbocycles. The molecule has 2 aromatic rings. The third-order valence-corrected chi connectivity index (χ3v) is 3.52. The summed E-state index contributed by atoms with van der Waals surface area (Å²) >= 11 is 9.29. The molecular formula is C16H14BrClN2O2. The zero-order chi connectivity index (χ0) is 15.9. The van der Waals surface area contributed by atoms with E-state index >= 15 is 0 Å². The standard InChI is InChI=1S/C16H14BrClN2O2/c1-11-2-4-12(5-3-11)9-19-20-16(21)10-22-15-7-6-13(17)8-14(15)18/h2-9H,10H2,1H3,(H,20,21)/b19-9+. The van der Waals surface area contributed by atoms with Gasteiger partial charge in [-0.3, -0.25) is 4.79 Å². The van der Waals surface area contributed by atoms with Crippen molar-refractivity contribution in [3.05, 3.63) is 63.1 Å². The molecule has 0 saturated carbocycles. The van der Waals surface area contributed by atoms with Crippen LogP contribution in [-0.4, -0.2) is 18.7 Å². The Morgan fingerprint density at radius 2 is 2.05 bits per heavy atom. The van der Waals surface area contributed by atoms with Crippen LogP contribution in [-0.2, 0) is 4.79 Å². The second-order valence-electron chi connectivity index (χ2n) is 4.57. The number of aryl methyl sites for hydroxylation is 1. The second kappa shape index (κ2) is 7.96. The molecule has 114 valence electrons. The van der Waals surface area contributed by atoms with Crippen LogP contribution < -0.4 is 10.2 Å². The van der Waals surface area contributed by atoms with Crippen LogP contribution in [0.4, 0.5) is 0 Å². The molecule has 0 aliphatic carbocycles. The Labute approximate surface area is 142 Å². The van der Waals surface area contributed by atoms with Crippen molar-refractivity contribution in [3.63, 3.8) is 0 Å². The van der Waals surface area contributed by atoms with Crippen LogP contribution in [0.1, 0.15) is 11.1 Å². The summed E-state index contributed by atoms with van der Waals surface area (Å²) in [4.78, 5) is 11.6. The van der Waals surface area contributed by atoms with Crippen LogP contribution in [0.15, 0.2) is 52.0 Å². The monoisotopic (exact) mass is 380 g/mol. The Morgan fingerprint density at radius 3 is 2.73 bits per heavy atom. The number of halogens is 2.